The van der Waals surface area contributed by atoms with Gasteiger partial charge >= 0.3 is 11.9 Å². The van der Waals surface area contributed by atoms with Crippen LogP contribution in [0.4, 0.5) is 0 Å². The van der Waals surface area contributed by atoms with Crippen molar-refractivity contribution in [3.63, 3.8) is 0 Å². The minimum absolute atomic E-state index is 0.0293. The number of fused-ring (bicyclic) bond motifs is 2. The first kappa shape index (κ1) is 18.6. The van der Waals surface area contributed by atoms with E-state index in [1.807, 2.05) is 18.2 Å². The van der Waals surface area contributed by atoms with Crippen molar-refractivity contribution in [3.05, 3.63) is 41.0 Å². The highest BCUT2D eigenvalue weighted by molar-refractivity contribution is 6.20. The Morgan fingerprint density at radius 3 is 2.35 bits per heavy atom. The number of hydrogen-bond donors (Lipinski definition) is 1. The second kappa shape index (κ2) is 6.88. The van der Waals surface area contributed by atoms with Gasteiger partial charge in [0.05, 0.1) is 7.11 Å². The molecule has 1 aromatic carbocycles. The van der Waals surface area contributed by atoms with Crippen molar-refractivity contribution in [2.45, 2.75) is 51.0 Å². The molecule has 0 bridgehead atoms. The number of benzene rings is 1. The quantitative estimate of drug-likeness (QED) is 0.381. The van der Waals surface area contributed by atoms with Crippen molar-refractivity contribution >= 4 is 17.5 Å². The molecule has 140 valence electrons. The minimum atomic E-state index is -0.679. The van der Waals surface area contributed by atoms with Gasteiger partial charge in [0.2, 0.25) is 0 Å². The summed E-state index contributed by atoms with van der Waals surface area (Å²) >= 11 is 0. The standard InChI is InChI=1S/C21H27NO4/c1-20(2,3)26-19(24)17(18(23)25-4)15-13-21(9-11-22-12-10-21)16-8-6-5-7-14(15)16/h5-8,22H,9-13H2,1-4H3. The largest absolute Gasteiger partial charge is 0.465 e. The summed E-state index contributed by atoms with van der Waals surface area (Å²) < 4.78 is 10.5. The number of nitrogens with one attached hydrogen (secondary N) is 1. The lowest BCUT2D eigenvalue weighted by molar-refractivity contribution is -0.153. The maximum absolute atomic E-state index is 12.8. The van der Waals surface area contributed by atoms with Gasteiger partial charge in [0, 0.05) is 5.41 Å². The van der Waals surface area contributed by atoms with Crippen molar-refractivity contribution in [1.82, 2.24) is 5.32 Å². The summed E-state index contributed by atoms with van der Waals surface area (Å²) in [7, 11) is 1.30. The maximum atomic E-state index is 12.8. The van der Waals surface area contributed by atoms with E-state index in [1.165, 1.54) is 12.7 Å². The smallest absolute Gasteiger partial charge is 0.346 e. The van der Waals surface area contributed by atoms with Crippen LogP contribution in [0.15, 0.2) is 29.8 Å². The first-order chi connectivity index (χ1) is 12.3. The Kier molecular flexibility index (Phi) is 4.93. The fraction of sp³-hybridized carbons (Fsp3) is 0.524. The van der Waals surface area contributed by atoms with Gasteiger partial charge in [0.1, 0.15) is 11.2 Å². The van der Waals surface area contributed by atoms with Crippen LogP contribution in [0.2, 0.25) is 0 Å². The lowest BCUT2D eigenvalue weighted by Gasteiger charge is -2.34. The number of esters is 2. The molecular weight excluding hydrogens is 330 g/mol. The third-order valence-electron chi connectivity index (χ3n) is 5.19. The van der Waals surface area contributed by atoms with Gasteiger partial charge in [-0.2, -0.15) is 0 Å². The normalized spacial score (nSPS) is 20.5. The maximum Gasteiger partial charge on any atom is 0.346 e. The van der Waals surface area contributed by atoms with Crippen LogP contribution in [0.1, 0.15) is 51.2 Å². The van der Waals surface area contributed by atoms with E-state index in [4.69, 9.17) is 9.47 Å². The van der Waals surface area contributed by atoms with Crippen LogP contribution in [0.25, 0.3) is 5.57 Å². The summed E-state index contributed by atoms with van der Waals surface area (Å²) in [5.74, 6) is -1.24. The molecule has 1 heterocycles. The predicted octanol–water partition coefficient (Wildman–Crippen LogP) is 2.98. The van der Waals surface area contributed by atoms with Crippen molar-refractivity contribution in [3.8, 4) is 0 Å². The zero-order valence-electron chi connectivity index (χ0n) is 16.0. The summed E-state index contributed by atoms with van der Waals surface area (Å²) in [6, 6.07) is 8.09. The molecule has 0 radical (unpaired) electrons. The van der Waals surface area contributed by atoms with Crippen molar-refractivity contribution < 1.29 is 19.1 Å². The zero-order valence-corrected chi connectivity index (χ0v) is 16.0. The van der Waals surface area contributed by atoms with E-state index in [2.05, 4.69) is 11.4 Å². The molecule has 0 aromatic heterocycles. The van der Waals surface area contributed by atoms with Gasteiger partial charge in [-0.3, -0.25) is 0 Å². The third kappa shape index (κ3) is 3.40. The Bertz CT molecular complexity index is 752. The van der Waals surface area contributed by atoms with Gasteiger partial charge < -0.3 is 14.8 Å². The van der Waals surface area contributed by atoms with Gasteiger partial charge in [-0.05, 0) is 69.8 Å². The molecule has 5 nitrogen and oxygen atoms in total. The summed E-state index contributed by atoms with van der Waals surface area (Å²) in [5, 5.41) is 3.40. The van der Waals surface area contributed by atoms with E-state index in [1.54, 1.807) is 20.8 Å². The van der Waals surface area contributed by atoms with Gasteiger partial charge in [0.15, 0.2) is 0 Å². The average molecular weight is 357 g/mol. The summed E-state index contributed by atoms with van der Waals surface area (Å²) in [4.78, 5) is 25.3. The van der Waals surface area contributed by atoms with Crippen molar-refractivity contribution in [1.29, 1.82) is 0 Å². The van der Waals surface area contributed by atoms with E-state index in [-0.39, 0.29) is 11.0 Å². The Labute approximate surface area is 154 Å². The van der Waals surface area contributed by atoms with Crippen LogP contribution >= 0.6 is 0 Å². The van der Waals surface area contributed by atoms with Crippen LogP contribution in [-0.2, 0) is 24.5 Å². The molecule has 1 spiro atoms. The SMILES string of the molecule is COC(=O)C(C(=O)OC(C)(C)C)=C1CC2(CCNCC2)c2ccccc21. The number of carbonyl (C=O) groups excluding carboxylic acids is 2. The number of methoxy groups -OCH3 is 1. The summed E-state index contributed by atoms with van der Waals surface area (Å²) in [6.45, 7) is 7.24. The topological polar surface area (TPSA) is 64.6 Å². The molecule has 1 N–H and O–H groups in total. The molecule has 0 unspecified atom stereocenters. The zero-order chi connectivity index (χ0) is 18.9. The number of allylic oxidation sites excluding steroid dienone is 1. The lowest BCUT2D eigenvalue weighted by Crippen LogP contribution is -2.38. The van der Waals surface area contributed by atoms with E-state index in [9.17, 15) is 9.59 Å². The van der Waals surface area contributed by atoms with Gasteiger partial charge in [-0.1, -0.05) is 24.3 Å². The molecule has 1 aromatic rings. The molecule has 0 amide bonds. The Hall–Kier alpha value is -2.14. The number of rotatable bonds is 2. The fourth-order valence-corrected chi connectivity index (χ4v) is 4.07. The first-order valence-electron chi connectivity index (χ1n) is 9.13. The molecule has 2 aliphatic rings. The predicted molar refractivity (Wildman–Crippen MR) is 99.6 cm³/mol. The van der Waals surface area contributed by atoms with E-state index in [0.29, 0.717) is 6.42 Å². The Morgan fingerprint density at radius 2 is 1.73 bits per heavy atom. The van der Waals surface area contributed by atoms with Crippen molar-refractivity contribution in [2.75, 3.05) is 20.2 Å². The second-order valence-corrected chi connectivity index (χ2v) is 8.10. The fourth-order valence-electron chi connectivity index (χ4n) is 4.07. The van der Waals surface area contributed by atoms with E-state index < -0.39 is 17.5 Å². The number of ether oxygens (including phenoxy) is 2. The molecule has 26 heavy (non-hydrogen) atoms. The molecule has 1 saturated heterocycles. The number of hydrogen-bond acceptors (Lipinski definition) is 5. The summed E-state index contributed by atoms with van der Waals surface area (Å²) in [5.41, 5.74) is 2.27. The third-order valence-corrected chi connectivity index (χ3v) is 5.19. The first-order valence-corrected chi connectivity index (χ1v) is 9.13. The van der Waals surface area contributed by atoms with Gasteiger partial charge in [-0.25, -0.2) is 9.59 Å². The highest BCUT2D eigenvalue weighted by atomic mass is 16.6. The molecule has 1 aliphatic heterocycles. The molecule has 1 fully saturated rings. The number of piperidine rings is 1. The minimum Gasteiger partial charge on any atom is -0.465 e. The van der Waals surface area contributed by atoms with Crippen LogP contribution < -0.4 is 5.32 Å². The van der Waals surface area contributed by atoms with E-state index >= 15 is 0 Å². The van der Waals surface area contributed by atoms with E-state index in [0.717, 1.165) is 37.1 Å². The van der Waals surface area contributed by atoms with Gasteiger partial charge in [0.25, 0.3) is 0 Å². The molecule has 5 heteroatoms. The average Bonchev–Trinajstić information content (AvgIpc) is 2.88. The number of carbonyl (C=O) groups is 2. The van der Waals surface area contributed by atoms with Crippen LogP contribution in [-0.4, -0.2) is 37.7 Å². The highest BCUT2D eigenvalue weighted by Crippen LogP contribution is 2.51. The lowest BCUT2D eigenvalue weighted by atomic mass is 9.74. The molecule has 1 aliphatic carbocycles. The van der Waals surface area contributed by atoms with Gasteiger partial charge in [-0.15, -0.1) is 0 Å². The Morgan fingerprint density at radius 1 is 1.08 bits per heavy atom. The Balaban J connectivity index is 2.14. The van der Waals surface area contributed by atoms with Crippen LogP contribution in [0.3, 0.4) is 0 Å². The molecular formula is C21H27NO4. The van der Waals surface area contributed by atoms with Crippen LogP contribution in [0.5, 0.6) is 0 Å². The monoisotopic (exact) mass is 357 g/mol. The second-order valence-electron chi connectivity index (χ2n) is 8.10. The molecule has 0 atom stereocenters. The summed E-state index contributed by atoms with van der Waals surface area (Å²) in [6.07, 6.45) is 2.63. The molecule has 3 rings (SSSR count). The highest BCUT2D eigenvalue weighted by Gasteiger charge is 2.44. The van der Waals surface area contributed by atoms with Crippen molar-refractivity contribution in [2.24, 2.45) is 0 Å². The van der Waals surface area contributed by atoms with Crippen LogP contribution in [0, 0.1) is 0 Å². The molecule has 0 saturated carbocycles.